The van der Waals surface area contributed by atoms with Crippen molar-refractivity contribution in [3.05, 3.63) is 24.3 Å². The number of hydrogen-bond acceptors (Lipinski definition) is 3. The number of ether oxygens (including phenoxy) is 2. The molecule has 0 aromatic heterocycles. The van der Waals surface area contributed by atoms with E-state index in [0.29, 0.717) is 6.61 Å². The molecule has 0 aliphatic rings. The Morgan fingerprint density at radius 2 is 2.06 bits per heavy atom. The second-order valence-electron chi connectivity index (χ2n) is 3.58. The molecule has 0 radical (unpaired) electrons. The highest BCUT2D eigenvalue weighted by Gasteiger charge is 2.03. The molecule has 0 saturated carbocycles. The lowest BCUT2D eigenvalue weighted by Crippen LogP contribution is -2.30. The lowest BCUT2D eigenvalue weighted by molar-refractivity contribution is 0.289. The maximum Gasteiger partial charge on any atom is 0.161 e. The van der Waals surface area contributed by atoms with Gasteiger partial charge in [0, 0.05) is 6.54 Å². The molecule has 0 spiro atoms. The average molecular weight is 233 g/mol. The van der Waals surface area contributed by atoms with Crippen LogP contribution in [0.15, 0.2) is 24.3 Å². The first-order valence-electron chi connectivity index (χ1n) is 5.77. The van der Waals surface area contributed by atoms with E-state index in [9.17, 15) is 0 Å². The Kier molecular flexibility index (Phi) is 5.98. The number of para-hydroxylation sites is 2. The molecule has 0 aliphatic carbocycles. The summed E-state index contributed by atoms with van der Waals surface area (Å²) >= 11 is 0. The van der Waals surface area contributed by atoms with Gasteiger partial charge in [-0.1, -0.05) is 25.0 Å². The highest BCUT2D eigenvalue weighted by molar-refractivity contribution is 5.39. The summed E-state index contributed by atoms with van der Waals surface area (Å²) in [4.78, 5) is 0. The van der Waals surface area contributed by atoms with Crippen LogP contribution in [0.4, 0.5) is 0 Å². The van der Waals surface area contributed by atoms with E-state index in [2.05, 4.69) is 18.2 Å². The predicted molar refractivity (Wildman–Crippen MR) is 69.4 cm³/mol. The number of methoxy groups -OCH3 is 1. The van der Waals surface area contributed by atoms with Crippen LogP contribution in [0.3, 0.4) is 0 Å². The molecule has 0 amide bonds. The van der Waals surface area contributed by atoms with Crippen molar-refractivity contribution in [3.8, 4) is 23.8 Å². The number of benzene rings is 1. The number of nitrogens with one attached hydrogen (secondary N) is 1. The molecule has 1 atom stereocenters. The van der Waals surface area contributed by atoms with E-state index < -0.39 is 0 Å². The highest BCUT2D eigenvalue weighted by atomic mass is 16.5. The Hall–Kier alpha value is -1.66. The number of hydrogen-bond donors (Lipinski definition) is 1. The van der Waals surface area contributed by atoms with E-state index in [0.717, 1.165) is 24.5 Å². The first-order chi connectivity index (χ1) is 8.31. The van der Waals surface area contributed by atoms with E-state index in [1.807, 2.05) is 24.3 Å². The van der Waals surface area contributed by atoms with Gasteiger partial charge in [-0.15, -0.1) is 6.42 Å². The fraction of sp³-hybridized carbons (Fsp3) is 0.429. The monoisotopic (exact) mass is 233 g/mol. The van der Waals surface area contributed by atoms with Gasteiger partial charge in [0.25, 0.3) is 0 Å². The van der Waals surface area contributed by atoms with Crippen molar-refractivity contribution in [1.29, 1.82) is 0 Å². The van der Waals surface area contributed by atoms with Crippen molar-refractivity contribution < 1.29 is 9.47 Å². The van der Waals surface area contributed by atoms with Crippen LogP contribution < -0.4 is 14.8 Å². The van der Waals surface area contributed by atoms with Crippen molar-refractivity contribution in [2.75, 3.05) is 20.3 Å². The lowest BCUT2D eigenvalue weighted by atomic mass is 10.2. The third-order valence-corrected chi connectivity index (χ3v) is 2.43. The molecule has 1 rings (SSSR count). The summed E-state index contributed by atoms with van der Waals surface area (Å²) in [6.07, 6.45) is 6.27. The van der Waals surface area contributed by atoms with Gasteiger partial charge in [0.15, 0.2) is 11.5 Å². The Morgan fingerprint density at radius 1 is 1.35 bits per heavy atom. The van der Waals surface area contributed by atoms with E-state index in [-0.39, 0.29) is 6.04 Å². The summed E-state index contributed by atoms with van der Waals surface area (Å²) in [5.41, 5.74) is 0. The van der Waals surface area contributed by atoms with Gasteiger partial charge in [0.1, 0.15) is 6.61 Å². The third-order valence-electron chi connectivity index (χ3n) is 2.43. The summed E-state index contributed by atoms with van der Waals surface area (Å²) in [7, 11) is 1.63. The van der Waals surface area contributed by atoms with Gasteiger partial charge in [-0.3, -0.25) is 0 Å². The van der Waals surface area contributed by atoms with Crippen LogP contribution in [0.1, 0.15) is 13.3 Å². The van der Waals surface area contributed by atoms with Crippen LogP contribution in [-0.2, 0) is 0 Å². The molecule has 0 fully saturated rings. The minimum Gasteiger partial charge on any atom is -0.493 e. The summed E-state index contributed by atoms with van der Waals surface area (Å²) in [6, 6.07) is 7.71. The third kappa shape index (κ3) is 4.38. The standard InChI is InChI=1S/C14H19NO2/c1-4-12(5-2)15-10-11-17-14-9-7-6-8-13(14)16-3/h1,6-9,12,15H,5,10-11H2,2-3H3. The minimum absolute atomic E-state index is 0.122. The summed E-state index contributed by atoms with van der Waals surface area (Å²) in [5.74, 6) is 4.18. The van der Waals surface area contributed by atoms with Crippen molar-refractivity contribution in [1.82, 2.24) is 5.32 Å². The molecule has 1 N–H and O–H groups in total. The van der Waals surface area contributed by atoms with Crippen molar-refractivity contribution >= 4 is 0 Å². The van der Waals surface area contributed by atoms with Crippen LogP contribution in [-0.4, -0.2) is 26.3 Å². The Morgan fingerprint density at radius 3 is 2.65 bits per heavy atom. The lowest BCUT2D eigenvalue weighted by Gasteiger charge is -2.13. The molecule has 17 heavy (non-hydrogen) atoms. The maximum absolute atomic E-state index is 5.61. The molecule has 92 valence electrons. The van der Waals surface area contributed by atoms with E-state index in [4.69, 9.17) is 15.9 Å². The zero-order valence-corrected chi connectivity index (χ0v) is 10.4. The van der Waals surface area contributed by atoms with Gasteiger partial charge in [-0.05, 0) is 18.6 Å². The van der Waals surface area contributed by atoms with E-state index in [1.165, 1.54) is 0 Å². The van der Waals surface area contributed by atoms with Crippen LogP contribution >= 0.6 is 0 Å². The summed E-state index contributed by atoms with van der Waals surface area (Å²) in [5, 5.41) is 3.22. The van der Waals surface area contributed by atoms with Crippen LogP contribution in [0, 0.1) is 12.3 Å². The predicted octanol–water partition coefficient (Wildman–Crippen LogP) is 2.08. The average Bonchev–Trinajstić information content (AvgIpc) is 2.39. The molecule has 0 saturated heterocycles. The van der Waals surface area contributed by atoms with E-state index in [1.54, 1.807) is 7.11 Å². The zero-order chi connectivity index (χ0) is 12.5. The minimum atomic E-state index is 0.122. The first-order valence-corrected chi connectivity index (χ1v) is 5.77. The largest absolute Gasteiger partial charge is 0.493 e. The van der Waals surface area contributed by atoms with Gasteiger partial charge in [0.05, 0.1) is 13.2 Å². The van der Waals surface area contributed by atoms with Gasteiger partial charge >= 0.3 is 0 Å². The molecule has 1 unspecified atom stereocenters. The molecule has 3 nitrogen and oxygen atoms in total. The smallest absolute Gasteiger partial charge is 0.161 e. The number of terminal acetylenes is 1. The topological polar surface area (TPSA) is 30.5 Å². The maximum atomic E-state index is 5.61. The molecule has 3 heteroatoms. The van der Waals surface area contributed by atoms with E-state index >= 15 is 0 Å². The van der Waals surface area contributed by atoms with Gasteiger partial charge in [-0.2, -0.15) is 0 Å². The summed E-state index contributed by atoms with van der Waals surface area (Å²) in [6.45, 7) is 3.35. The molecular weight excluding hydrogens is 214 g/mol. The van der Waals surface area contributed by atoms with Crippen molar-refractivity contribution in [2.45, 2.75) is 19.4 Å². The Balaban J connectivity index is 2.34. The van der Waals surface area contributed by atoms with Gasteiger partial charge in [0.2, 0.25) is 0 Å². The molecule has 0 aliphatic heterocycles. The fourth-order valence-corrected chi connectivity index (χ4v) is 1.45. The second-order valence-corrected chi connectivity index (χ2v) is 3.58. The number of rotatable bonds is 7. The van der Waals surface area contributed by atoms with Crippen LogP contribution in [0.25, 0.3) is 0 Å². The van der Waals surface area contributed by atoms with Crippen LogP contribution in [0.2, 0.25) is 0 Å². The molecule has 1 aromatic rings. The van der Waals surface area contributed by atoms with Crippen molar-refractivity contribution in [2.24, 2.45) is 0 Å². The van der Waals surface area contributed by atoms with Crippen LogP contribution in [0.5, 0.6) is 11.5 Å². The molecule has 0 bridgehead atoms. The molecular formula is C14H19NO2. The van der Waals surface area contributed by atoms with Gasteiger partial charge in [-0.25, -0.2) is 0 Å². The highest BCUT2D eigenvalue weighted by Crippen LogP contribution is 2.25. The molecule has 0 heterocycles. The first kappa shape index (κ1) is 13.4. The van der Waals surface area contributed by atoms with Crippen molar-refractivity contribution in [3.63, 3.8) is 0 Å². The normalized spacial score (nSPS) is 11.6. The SMILES string of the molecule is C#CC(CC)NCCOc1ccccc1OC. The fourth-order valence-electron chi connectivity index (χ4n) is 1.45. The summed E-state index contributed by atoms with van der Waals surface area (Å²) < 4.78 is 10.8. The quantitative estimate of drug-likeness (QED) is 0.577. The molecule has 1 aromatic carbocycles. The second kappa shape index (κ2) is 7.59. The Bertz CT molecular complexity index is 371. The Labute approximate surface area is 103 Å². The van der Waals surface area contributed by atoms with Gasteiger partial charge < -0.3 is 14.8 Å². The zero-order valence-electron chi connectivity index (χ0n) is 10.4.